The Hall–Kier alpha value is -1.35. The molecule has 1 atom stereocenters. The van der Waals surface area contributed by atoms with Crippen LogP contribution < -0.4 is 5.73 Å². The molecule has 1 saturated carbocycles. The zero-order chi connectivity index (χ0) is 12.5. The van der Waals surface area contributed by atoms with Crippen LogP contribution in [0.5, 0.6) is 0 Å². The largest absolute Gasteiger partial charge is 0.481 e. The lowest BCUT2D eigenvalue weighted by Crippen LogP contribution is -2.44. The van der Waals surface area contributed by atoms with Crippen molar-refractivity contribution in [1.29, 1.82) is 0 Å². The minimum absolute atomic E-state index is 0.170. The third-order valence-electron chi connectivity index (χ3n) is 3.75. The normalized spacial score (nSPS) is 18.7. The van der Waals surface area contributed by atoms with Crippen LogP contribution in [0.2, 0.25) is 0 Å². The summed E-state index contributed by atoms with van der Waals surface area (Å²) < 4.78 is 0. The Morgan fingerprint density at radius 2 is 2.12 bits per heavy atom. The van der Waals surface area contributed by atoms with Crippen molar-refractivity contribution in [3.63, 3.8) is 0 Å². The maximum Gasteiger partial charge on any atom is 0.315 e. The van der Waals surface area contributed by atoms with Gasteiger partial charge in [-0.3, -0.25) is 4.79 Å². The molecular weight excluding hydrogens is 214 g/mol. The number of carboxylic acid groups (broad SMARTS) is 1. The van der Waals surface area contributed by atoms with Crippen molar-refractivity contribution in [2.75, 3.05) is 6.54 Å². The third-order valence-corrected chi connectivity index (χ3v) is 3.75. The molecule has 0 aliphatic heterocycles. The van der Waals surface area contributed by atoms with E-state index in [0.717, 1.165) is 24.0 Å². The Balaban J connectivity index is 2.44. The van der Waals surface area contributed by atoms with Crippen molar-refractivity contribution in [3.05, 3.63) is 35.4 Å². The predicted molar refractivity (Wildman–Crippen MR) is 66.9 cm³/mol. The van der Waals surface area contributed by atoms with E-state index >= 15 is 0 Å². The molecule has 0 amide bonds. The first-order chi connectivity index (χ1) is 8.10. The molecule has 1 aliphatic carbocycles. The highest BCUT2D eigenvalue weighted by atomic mass is 16.4. The molecule has 0 bridgehead atoms. The summed E-state index contributed by atoms with van der Waals surface area (Å²) in [5.74, 6) is -0.254. The fourth-order valence-electron chi connectivity index (χ4n) is 2.52. The van der Waals surface area contributed by atoms with Gasteiger partial charge < -0.3 is 10.8 Å². The zero-order valence-corrected chi connectivity index (χ0v) is 10.1. The molecule has 0 radical (unpaired) electrons. The van der Waals surface area contributed by atoms with Crippen molar-refractivity contribution in [3.8, 4) is 0 Å². The van der Waals surface area contributed by atoms with E-state index < -0.39 is 11.4 Å². The zero-order valence-electron chi connectivity index (χ0n) is 10.1. The van der Waals surface area contributed by atoms with E-state index in [-0.39, 0.29) is 6.54 Å². The summed E-state index contributed by atoms with van der Waals surface area (Å²) in [6.45, 7) is 2.12. The summed E-state index contributed by atoms with van der Waals surface area (Å²) >= 11 is 0. The molecule has 0 aromatic heterocycles. The number of nitrogens with two attached hydrogens (primary N) is 1. The summed E-state index contributed by atoms with van der Waals surface area (Å²) in [4.78, 5) is 11.7. The van der Waals surface area contributed by atoms with Gasteiger partial charge >= 0.3 is 5.97 Å². The highest BCUT2D eigenvalue weighted by Gasteiger charge is 2.44. The molecule has 0 heterocycles. The maximum atomic E-state index is 11.7. The molecule has 0 saturated heterocycles. The average molecular weight is 233 g/mol. The third kappa shape index (κ3) is 2.20. The van der Waals surface area contributed by atoms with Crippen LogP contribution in [0.3, 0.4) is 0 Å². The average Bonchev–Trinajstić information content (AvgIpc) is 3.10. The number of hydrogen-bond acceptors (Lipinski definition) is 2. The summed E-state index contributed by atoms with van der Waals surface area (Å²) in [7, 11) is 0. The first-order valence-corrected chi connectivity index (χ1v) is 6.10. The van der Waals surface area contributed by atoms with Gasteiger partial charge in [-0.2, -0.15) is 0 Å². The summed E-state index contributed by atoms with van der Waals surface area (Å²) in [6.07, 6.45) is 2.95. The molecule has 1 fully saturated rings. The highest BCUT2D eigenvalue weighted by molar-refractivity contribution is 5.82. The Morgan fingerprint density at radius 3 is 2.59 bits per heavy atom. The van der Waals surface area contributed by atoms with E-state index in [0.29, 0.717) is 12.3 Å². The van der Waals surface area contributed by atoms with Crippen LogP contribution in [0.15, 0.2) is 24.3 Å². The highest BCUT2D eigenvalue weighted by Crippen LogP contribution is 2.42. The number of rotatable bonds is 5. The van der Waals surface area contributed by atoms with Gasteiger partial charge in [-0.15, -0.1) is 0 Å². The number of benzene rings is 1. The second-order valence-corrected chi connectivity index (χ2v) is 5.05. The van der Waals surface area contributed by atoms with Gasteiger partial charge in [0.15, 0.2) is 0 Å². The van der Waals surface area contributed by atoms with E-state index in [9.17, 15) is 9.90 Å². The van der Waals surface area contributed by atoms with Crippen molar-refractivity contribution >= 4 is 5.97 Å². The molecule has 1 unspecified atom stereocenters. The van der Waals surface area contributed by atoms with Crippen molar-refractivity contribution in [1.82, 2.24) is 0 Å². The molecule has 3 heteroatoms. The minimum Gasteiger partial charge on any atom is -0.481 e. The first kappa shape index (κ1) is 12.1. The monoisotopic (exact) mass is 233 g/mol. The molecule has 92 valence electrons. The number of hydrogen-bond donors (Lipinski definition) is 2. The molecule has 17 heavy (non-hydrogen) atoms. The molecule has 3 nitrogen and oxygen atoms in total. The number of aliphatic carboxylic acids is 1. The van der Waals surface area contributed by atoms with Crippen LogP contribution in [0.25, 0.3) is 0 Å². The lowest BCUT2D eigenvalue weighted by Gasteiger charge is -2.30. The van der Waals surface area contributed by atoms with Gasteiger partial charge in [0.1, 0.15) is 5.41 Å². The van der Waals surface area contributed by atoms with Gasteiger partial charge in [0, 0.05) is 6.54 Å². The number of carboxylic acids is 1. The molecule has 3 N–H and O–H groups in total. The van der Waals surface area contributed by atoms with Gasteiger partial charge in [0.2, 0.25) is 0 Å². The van der Waals surface area contributed by atoms with Gasteiger partial charge in [0.25, 0.3) is 0 Å². The van der Waals surface area contributed by atoms with E-state index in [2.05, 4.69) is 0 Å². The van der Waals surface area contributed by atoms with E-state index in [1.54, 1.807) is 0 Å². The quantitative estimate of drug-likeness (QED) is 0.818. The second-order valence-electron chi connectivity index (χ2n) is 5.05. The number of carbonyl (C=O) groups is 1. The van der Waals surface area contributed by atoms with Crippen molar-refractivity contribution < 1.29 is 9.90 Å². The lowest BCUT2D eigenvalue weighted by molar-refractivity contribution is -0.144. The van der Waals surface area contributed by atoms with Gasteiger partial charge in [-0.25, -0.2) is 0 Å². The predicted octanol–water partition coefficient (Wildman–Crippen LogP) is 2.08. The van der Waals surface area contributed by atoms with Crippen LogP contribution >= 0.6 is 0 Å². The van der Waals surface area contributed by atoms with E-state index in [1.807, 2.05) is 31.2 Å². The van der Waals surface area contributed by atoms with Crippen LogP contribution in [0, 0.1) is 12.8 Å². The number of aryl methyl sites for hydroxylation is 1. The molecule has 2 rings (SSSR count). The smallest absolute Gasteiger partial charge is 0.315 e. The van der Waals surface area contributed by atoms with Gasteiger partial charge in [-0.05, 0) is 30.4 Å². The molecule has 0 spiro atoms. The SMILES string of the molecule is Cc1ccccc1C(CN)(CC1CC1)C(=O)O. The van der Waals surface area contributed by atoms with Crippen LogP contribution in [0.1, 0.15) is 30.4 Å². The first-order valence-electron chi connectivity index (χ1n) is 6.10. The second kappa shape index (κ2) is 4.49. The minimum atomic E-state index is -0.896. The topological polar surface area (TPSA) is 63.3 Å². The summed E-state index contributed by atoms with van der Waals surface area (Å²) in [5.41, 5.74) is 6.80. The van der Waals surface area contributed by atoms with E-state index in [4.69, 9.17) is 5.73 Å². The van der Waals surface area contributed by atoms with E-state index in [1.165, 1.54) is 0 Å². The molecule has 1 aliphatic rings. The lowest BCUT2D eigenvalue weighted by atomic mass is 9.74. The Bertz CT molecular complexity index is 426. The fraction of sp³-hybridized carbons (Fsp3) is 0.500. The molecular formula is C14H19NO2. The maximum absolute atomic E-state index is 11.7. The van der Waals surface area contributed by atoms with Crippen LogP contribution in [0.4, 0.5) is 0 Å². The van der Waals surface area contributed by atoms with Gasteiger partial charge in [-0.1, -0.05) is 37.1 Å². The molecule has 1 aromatic carbocycles. The molecule has 1 aromatic rings. The van der Waals surface area contributed by atoms with Crippen LogP contribution in [-0.4, -0.2) is 17.6 Å². The fourth-order valence-corrected chi connectivity index (χ4v) is 2.52. The van der Waals surface area contributed by atoms with Crippen LogP contribution in [-0.2, 0) is 10.2 Å². The Kier molecular flexibility index (Phi) is 3.20. The standard InChI is InChI=1S/C14H19NO2/c1-10-4-2-3-5-12(10)14(9-15,13(16)17)8-11-6-7-11/h2-5,11H,6-9,15H2,1H3,(H,16,17). The van der Waals surface area contributed by atoms with Gasteiger partial charge in [0.05, 0.1) is 0 Å². The Labute approximate surface area is 102 Å². The van der Waals surface area contributed by atoms with Crippen molar-refractivity contribution in [2.45, 2.75) is 31.6 Å². The Morgan fingerprint density at radius 1 is 1.47 bits per heavy atom. The van der Waals surface area contributed by atoms with Crippen molar-refractivity contribution in [2.24, 2.45) is 11.7 Å². The summed E-state index contributed by atoms with van der Waals surface area (Å²) in [6, 6.07) is 7.68. The summed E-state index contributed by atoms with van der Waals surface area (Å²) in [5, 5.41) is 9.60.